The molecule has 0 aromatic heterocycles. The maximum Gasteiger partial charge on any atom is 0.573 e. The maximum absolute atomic E-state index is 12.6. The molecule has 2 rings (SSSR count). The summed E-state index contributed by atoms with van der Waals surface area (Å²) in [5.41, 5.74) is 0.464. The van der Waals surface area contributed by atoms with Crippen LogP contribution in [0.4, 0.5) is 18.9 Å². The first kappa shape index (κ1) is 18.2. The highest BCUT2D eigenvalue weighted by Gasteiger charge is 2.32. The van der Waals surface area contributed by atoms with E-state index >= 15 is 0 Å². The number of rotatable bonds is 5. The van der Waals surface area contributed by atoms with Crippen LogP contribution in [-0.2, 0) is 6.61 Å². The molecule has 9 heteroatoms. The molecule has 130 valence electrons. The lowest BCUT2D eigenvalue weighted by molar-refractivity contribution is -0.275. The first-order valence-corrected chi connectivity index (χ1v) is 7.44. The molecule has 5 nitrogen and oxygen atoms in total. The van der Waals surface area contributed by atoms with Gasteiger partial charge in [-0.15, -0.1) is 13.2 Å². The van der Waals surface area contributed by atoms with Gasteiger partial charge in [-0.1, -0.05) is 6.07 Å². The van der Waals surface area contributed by atoms with Crippen molar-refractivity contribution in [1.29, 1.82) is 0 Å². The van der Waals surface area contributed by atoms with Crippen LogP contribution in [0.25, 0.3) is 0 Å². The van der Waals surface area contributed by atoms with Crippen molar-refractivity contribution in [2.75, 3.05) is 12.1 Å². The molecule has 3 N–H and O–H groups in total. The van der Waals surface area contributed by atoms with Gasteiger partial charge in [0.1, 0.15) is 23.9 Å². The van der Waals surface area contributed by atoms with Crippen molar-refractivity contribution in [3.8, 4) is 17.2 Å². The molecule has 2 aromatic rings. The van der Waals surface area contributed by atoms with Crippen molar-refractivity contribution in [3.63, 3.8) is 0 Å². The van der Waals surface area contributed by atoms with E-state index in [0.29, 0.717) is 15.9 Å². The van der Waals surface area contributed by atoms with Crippen LogP contribution in [0, 0.1) is 0 Å². The number of halogens is 4. The minimum absolute atomic E-state index is 0.0254. The zero-order valence-corrected chi connectivity index (χ0v) is 14.1. The van der Waals surface area contributed by atoms with E-state index in [0.717, 1.165) is 0 Å². The van der Waals surface area contributed by atoms with Crippen molar-refractivity contribution >= 4 is 21.6 Å². The molecule has 0 saturated heterocycles. The van der Waals surface area contributed by atoms with Crippen LogP contribution in [0.5, 0.6) is 17.2 Å². The molecule has 0 radical (unpaired) electrons. The van der Waals surface area contributed by atoms with Gasteiger partial charge in [-0.25, -0.2) is 5.84 Å². The van der Waals surface area contributed by atoms with Crippen molar-refractivity contribution in [2.45, 2.75) is 13.0 Å². The summed E-state index contributed by atoms with van der Waals surface area (Å²) in [6.45, 7) is -0.216. The Kier molecular flexibility index (Phi) is 5.45. The van der Waals surface area contributed by atoms with Gasteiger partial charge in [0.15, 0.2) is 0 Å². The number of phenolic OH excluding ortho intramolecular Hbond substituents is 1. The molecule has 24 heavy (non-hydrogen) atoms. The summed E-state index contributed by atoms with van der Waals surface area (Å²) in [7, 11) is 1.49. The van der Waals surface area contributed by atoms with E-state index in [2.05, 4.69) is 20.7 Å². The highest BCUT2D eigenvalue weighted by atomic mass is 79.9. The van der Waals surface area contributed by atoms with Gasteiger partial charge in [0, 0.05) is 7.05 Å². The number of nitrogens with two attached hydrogens (primary N) is 1. The molecule has 0 aliphatic rings. The quantitative estimate of drug-likeness (QED) is 0.581. The summed E-state index contributed by atoms with van der Waals surface area (Å²) in [5.74, 6) is 5.64. The largest absolute Gasteiger partial charge is 0.573 e. The molecular weight excluding hydrogens is 393 g/mol. The number of hydrazine groups is 1. The number of anilines is 1. The fourth-order valence-corrected chi connectivity index (χ4v) is 2.49. The summed E-state index contributed by atoms with van der Waals surface area (Å²) in [6.07, 6.45) is -4.83. The Morgan fingerprint density at radius 3 is 2.50 bits per heavy atom. The monoisotopic (exact) mass is 406 g/mol. The number of alkyl halides is 3. The lowest BCUT2D eigenvalue weighted by Gasteiger charge is -2.21. The van der Waals surface area contributed by atoms with Gasteiger partial charge in [0.05, 0.1) is 15.7 Å². The number of nitrogens with zero attached hydrogens (tertiary/aromatic N) is 1. The van der Waals surface area contributed by atoms with E-state index in [1.54, 1.807) is 6.07 Å². The minimum atomic E-state index is -4.83. The molecule has 0 atom stereocenters. The molecule has 0 fully saturated rings. The number of ether oxygens (including phenoxy) is 2. The Bertz CT molecular complexity index is 724. The summed E-state index contributed by atoms with van der Waals surface area (Å²) in [5, 5.41) is 10.5. The predicted octanol–water partition coefficient (Wildman–Crippen LogP) is 3.94. The summed E-state index contributed by atoms with van der Waals surface area (Å²) < 4.78 is 47.8. The van der Waals surface area contributed by atoms with E-state index in [1.165, 1.54) is 42.4 Å². The zero-order chi connectivity index (χ0) is 17.9. The molecule has 0 heterocycles. The number of benzene rings is 2. The van der Waals surface area contributed by atoms with Gasteiger partial charge < -0.3 is 19.6 Å². The van der Waals surface area contributed by atoms with Gasteiger partial charge in [-0.2, -0.15) is 0 Å². The lowest BCUT2D eigenvalue weighted by atomic mass is 10.1. The molecular formula is C15H14BrF3N2O3. The minimum Gasteiger partial charge on any atom is -0.508 e. The Balaban J connectivity index is 2.32. The molecule has 0 spiro atoms. The molecule has 0 saturated carbocycles. The number of aromatic hydroxyl groups is 1. The van der Waals surface area contributed by atoms with Crippen LogP contribution < -0.4 is 20.3 Å². The van der Waals surface area contributed by atoms with Crippen molar-refractivity contribution in [1.82, 2.24) is 0 Å². The SMILES string of the molecule is CN(N)c1cccc(OC(F)(F)F)c1COc1ccc(O)cc1Br. The van der Waals surface area contributed by atoms with Crippen molar-refractivity contribution in [3.05, 3.63) is 46.4 Å². The topological polar surface area (TPSA) is 68.0 Å². The Morgan fingerprint density at radius 2 is 1.92 bits per heavy atom. The van der Waals surface area contributed by atoms with E-state index in [1.807, 2.05) is 0 Å². The lowest BCUT2D eigenvalue weighted by Crippen LogP contribution is -2.27. The van der Waals surface area contributed by atoms with E-state index < -0.39 is 12.1 Å². The normalized spacial score (nSPS) is 11.2. The zero-order valence-electron chi connectivity index (χ0n) is 12.5. The molecule has 0 aliphatic carbocycles. The van der Waals surface area contributed by atoms with Crippen LogP contribution in [-0.4, -0.2) is 18.5 Å². The average Bonchev–Trinajstić information content (AvgIpc) is 2.45. The Hall–Kier alpha value is -2.13. The molecule has 0 aliphatic heterocycles. The number of phenols is 1. The van der Waals surface area contributed by atoms with Crippen LogP contribution in [0.3, 0.4) is 0 Å². The summed E-state index contributed by atoms with van der Waals surface area (Å²) >= 11 is 3.20. The van der Waals surface area contributed by atoms with Gasteiger partial charge in [-0.3, -0.25) is 0 Å². The molecule has 2 aromatic carbocycles. The summed E-state index contributed by atoms with van der Waals surface area (Å²) in [4.78, 5) is 0. The van der Waals surface area contributed by atoms with Gasteiger partial charge in [-0.05, 0) is 46.3 Å². The highest BCUT2D eigenvalue weighted by molar-refractivity contribution is 9.10. The van der Waals surface area contributed by atoms with Crippen LogP contribution in [0.15, 0.2) is 40.9 Å². The van der Waals surface area contributed by atoms with E-state index in [9.17, 15) is 18.3 Å². The maximum atomic E-state index is 12.6. The highest BCUT2D eigenvalue weighted by Crippen LogP contribution is 2.35. The van der Waals surface area contributed by atoms with Crippen LogP contribution in [0.1, 0.15) is 5.56 Å². The second-order valence-electron chi connectivity index (χ2n) is 4.82. The van der Waals surface area contributed by atoms with Gasteiger partial charge >= 0.3 is 6.36 Å². The second kappa shape index (κ2) is 7.18. The van der Waals surface area contributed by atoms with Crippen LogP contribution >= 0.6 is 15.9 Å². The Labute approximate surface area is 144 Å². The van der Waals surface area contributed by atoms with E-state index in [4.69, 9.17) is 10.6 Å². The third-order valence-corrected chi connectivity index (χ3v) is 3.62. The van der Waals surface area contributed by atoms with Crippen LogP contribution in [0.2, 0.25) is 0 Å². The molecule has 0 unspecified atom stereocenters. The van der Waals surface area contributed by atoms with Crippen molar-refractivity contribution in [2.24, 2.45) is 5.84 Å². The predicted molar refractivity (Wildman–Crippen MR) is 85.9 cm³/mol. The fourth-order valence-electron chi connectivity index (χ4n) is 2.01. The fraction of sp³-hybridized carbons (Fsp3) is 0.200. The molecule has 0 bridgehead atoms. The Morgan fingerprint density at radius 1 is 1.21 bits per heavy atom. The second-order valence-corrected chi connectivity index (χ2v) is 5.67. The number of hydrogen-bond acceptors (Lipinski definition) is 5. The summed E-state index contributed by atoms with van der Waals surface area (Å²) in [6, 6.07) is 8.43. The standard InChI is InChI=1S/C15H14BrF3N2O3/c1-21(20)12-3-2-4-13(24-15(17,18)19)10(12)8-23-14-6-5-9(22)7-11(14)16/h2-7,22H,8,20H2,1H3. The van der Waals surface area contributed by atoms with Gasteiger partial charge in [0.25, 0.3) is 0 Å². The van der Waals surface area contributed by atoms with Gasteiger partial charge in [0.2, 0.25) is 0 Å². The third-order valence-electron chi connectivity index (χ3n) is 3.00. The van der Waals surface area contributed by atoms with E-state index in [-0.39, 0.29) is 17.9 Å². The first-order chi connectivity index (χ1) is 11.2. The smallest absolute Gasteiger partial charge is 0.508 e. The number of hydrogen-bond donors (Lipinski definition) is 2. The molecule has 0 amide bonds. The third kappa shape index (κ3) is 4.68. The average molecular weight is 407 g/mol. The first-order valence-electron chi connectivity index (χ1n) is 6.65. The van der Waals surface area contributed by atoms with Crippen molar-refractivity contribution < 1.29 is 27.8 Å².